The van der Waals surface area contributed by atoms with Gasteiger partial charge < -0.3 is 15.7 Å². The standard InChI is InChI=1S/C25H28FN5O/c1-16(24-6-2-5-20-9-11-29-31(20)24)30-19-7-8-22(25(32)13-19)28-15-18-12-17-4-3-10-27-23(17)14-21(18)26/h2-6,9-12,14,16,19,22,25,28,30,32H,7-8,13,15H2,1H3/t16-,19-,22-,25+/m0/s1. The monoisotopic (exact) mass is 433 g/mol. The number of benzene rings is 1. The van der Waals surface area contributed by atoms with Gasteiger partial charge in [0.25, 0.3) is 0 Å². The Kier molecular flexibility index (Phi) is 5.87. The molecule has 3 heterocycles. The molecule has 0 spiro atoms. The van der Waals surface area contributed by atoms with Gasteiger partial charge in [0.15, 0.2) is 0 Å². The summed E-state index contributed by atoms with van der Waals surface area (Å²) in [7, 11) is 0. The van der Waals surface area contributed by atoms with Gasteiger partial charge in [-0.1, -0.05) is 12.1 Å². The van der Waals surface area contributed by atoms with Crippen molar-refractivity contribution in [3.63, 3.8) is 0 Å². The third-order valence-electron chi connectivity index (χ3n) is 6.52. The van der Waals surface area contributed by atoms with Crippen molar-refractivity contribution < 1.29 is 9.50 Å². The molecule has 1 saturated carbocycles. The molecule has 0 unspecified atom stereocenters. The van der Waals surface area contributed by atoms with E-state index in [0.717, 1.165) is 29.4 Å². The Morgan fingerprint density at radius 2 is 2.06 bits per heavy atom. The number of pyridine rings is 2. The average Bonchev–Trinajstić information content (AvgIpc) is 3.27. The highest BCUT2D eigenvalue weighted by Gasteiger charge is 2.30. The number of nitrogens with zero attached hydrogens (tertiary/aromatic N) is 3. The molecule has 0 radical (unpaired) electrons. The Bertz CT molecular complexity index is 1230. The molecule has 0 bridgehead atoms. The zero-order valence-electron chi connectivity index (χ0n) is 18.1. The molecule has 3 aromatic heterocycles. The first kappa shape index (κ1) is 21.0. The number of aromatic nitrogens is 3. The Labute approximate surface area is 186 Å². The summed E-state index contributed by atoms with van der Waals surface area (Å²) in [4.78, 5) is 4.20. The quantitative estimate of drug-likeness (QED) is 0.432. The number of hydrogen-bond acceptors (Lipinski definition) is 5. The molecule has 166 valence electrons. The van der Waals surface area contributed by atoms with Crippen LogP contribution in [0.2, 0.25) is 0 Å². The van der Waals surface area contributed by atoms with E-state index < -0.39 is 6.10 Å². The zero-order valence-corrected chi connectivity index (χ0v) is 18.1. The van der Waals surface area contributed by atoms with E-state index in [1.807, 2.05) is 40.9 Å². The second-order valence-electron chi connectivity index (χ2n) is 8.71. The van der Waals surface area contributed by atoms with Crippen LogP contribution in [0.1, 0.15) is 43.5 Å². The van der Waals surface area contributed by atoms with E-state index in [0.29, 0.717) is 24.0 Å². The van der Waals surface area contributed by atoms with Gasteiger partial charge in [-0.05, 0) is 56.5 Å². The van der Waals surface area contributed by atoms with Crippen LogP contribution in [-0.2, 0) is 6.54 Å². The summed E-state index contributed by atoms with van der Waals surface area (Å²) in [5.74, 6) is -0.268. The van der Waals surface area contributed by atoms with Crippen LogP contribution in [0.5, 0.6) is 0 Å². The van der Waals surface area contributed by atoms with Crippen LogP contribution in [-0.4, -0.2) is 37.9 Å². The highest BCUT2D eigenvalue weighted by Crippen LogP contribution is 2.24. The molecule has 6 nitrogen and oxygen atoms in total. The minimum Gasteiger partial charge on any atom is -0.391 e. The maximum absolute atomic E-state index is 14.5. The summed E-state index contributed by atoms with van der Waals surface area (Å²) in [6.07, 6.45) is 5.41. The fourth-order valence-electron chi connectivity index (χ4n) is 4.79. The van der Waals surface area contributed by atoms with Gasteiger partial charge in [0.1, 0.15) is 5.82 Å². The van der Waals surface area contributed by atoms with E-state index in [4.69, 9.17) is 0 Å². The summed E-state index contributed by atoms with van der Waals surface area (Å²) in [5, 5.41) is 23.1. The fourth-order valence-corrected chi connectivity index (χ4v) is 4.79. The molecule has 1 aromatic carbocycles. The summed E-state index contributed by atoms with van der Waals surface area (Å²) in [6, 6.07) is 15.5. The van der Waals surface area contributed by atoms with Crippen molar-refractivity contribution in [2.24, 2.45) is 0 Å². The van der Waals surface area contributed by atoms with E-state index in [-0.39, 0.29) is 23.9 Å². The minimum absolute atomic E-state index is 0.0538. The fraction of sp³-hybridized carbons (Fsp3) is 0.360. The van der Waals surface area contributed by atoms with Gasteiger partial charge in [-0.15, -0.1) is 0 Å². The van der Waals surface area contributed by atoms with Crippen LogP contribution in [0.25, 0.3) is 16.4 Å². The lowest BCUT2D eigenvalue weighted by molar-refractivity contribution is 0.0721. The SMILES string of the molecule is C[C@H](N[C@H]1CC[C@H](NCc2cc3cccnc3cc2F)[C@H](O)C1)c1cccc2ccnn12. The van der Waals surface area contributed by atoms with Gasteiger partial charge in [-0.25, -0.2) is 8.91 Å². The lowest BCUT2D eigenvalue weighted by Gasteiger charge is -2.35. The topological polar surface area (TPSA) is 74.5 Å². The third-order valence-corrected chi connectivity index (χ3v) is 6.52. The Hall–Kier alpha value is -2.87. The van der Waals surface area contributed by atoms with Crippen LogP contribution in [0.4, 0.5) is 4.39 Å². The largest absolute Gasteiger partial charge is 0.391 e. The van der Waals surface area contributed by atoms with Crippen molar-refractivity contribution in [1.82, 2.24) is 25.2 Å². The van der Waals surface area contributed by atoms with Crippen molar-refractivity contribution in [3.05, 3.63) is 78.0 Å². The molecule has 1 fully saturated rings. The van der Waals surface area contributed by atoms with Crippen LogP contribution in [0, 0.1) is 5.82 Å². The van der Waals surface area contributed by atoms with Gasteiger partial charge >= 0.3 is 0 Å². The first-order valence-corrected chi connectivity index (χ1v) is 11.2. The second-order valence-corrected chi connectivity index (χ2v) is 8.71. The molecular formula is C25H28FN5O. The molecule has 4 aromatic rings. The molecule has 3 N–H and O–H groups in total. The minimum atomic E-state index is -0.487. The Balaban J connectivity index is 1.19. The number of halogens is 1. The molecule has 0 aliphatic heterocycles. The van der Waals surface area contributed by atoms with Crippen LogP contribution < -0.4 is 10.6 Å². The lowest BCUT2D eigenvalue weighted by atomic mass is 9.88. The highest BCUT2D eigenvalue weighted by atomic mass is 19.1. The number of rotatable bonds is 6. The van der Waals surface area contributed by atoms with Gasteiger partial charge in [-0.3, -0.25) is 4.98 Å². The van der Waals surface area contributed by atoms with Gasteiger partial charge in [0.05, 0.1) is 22.8 Å². The number of hydrogen-bond donors (Lipinski definition) is 3. The van der Waals surface area contributed by atoms with Gasteiger partial charge in [-0.2, -0.15) is 5.10 Å². The molecule has 5 rings (SSSR count). The maximum Gasteiger partial charge on any atom is 0.129 e. The zero-order chi connectivity index (χ0) is 22.1. The van der Waals surface area contributed by atoms with Crippen LogP contribution >= 0.6 is 0 Å². The van der Waals surface area contributed by atoms with Crippen LogP contribution in [0.3, 0.4) is 0 Å². The lowest BCUT2D eigenvalue weighted by Crippen LogP contribution is -2.49. The summed E-state index contributed by atoms with van der Waals surface area (Å²) in [6.45, 7) is 2.51. The second kappa shape index (κ2) is 8.94. The normalized spacial score (nSPS) is 22.4. The molecule has 4 atom stereocenters. The van der Waals surface area contributed by atoms with Crippen molar-refractivity contribution in [1.29, 1.82) is 0 Å². The molecule has 1 aliphatic carbocycles. The third kappa shape index (κ3) is 4.24. The number of fused-ring (bicyclic) bond motifs is 2. The summed E-state index contributed by atoms with van der Waals surface area (Å²) in [5.41, 5.74) is 3.42. The maximum atomic E-state index is 14.5. The Morgan fingerprint density at radius 3 is 2.94 bits per heavy atom. The van der Waals surface area contributed by atoms with E-state index in [1.165, 1.54) is 6.07 Å². The summed E-state index contributed by atoms with van der Waals surface area (Å²) < 4.78 is 16.4. The molecular weight excluding hydrogens is 405 g/mol. The highest BCUT2D eigenvalue weighted by molar-refractivity contribution is 5.79. The van der Waals surface area contributed by atoms with E-state index in [1.54, 1.807) is 12.4 Å². The average molecular weight is 434 g/mol. The van der Waals surface area contributed by atoms with Crippen molar-refractivity contribution >= 4 is 16.4 Å². The molecule has 7 heteroatoms. The molecule has 1 aliphatic rings. The van der Waals surface area contributed by atoms with Crippen molar-refractivity contribution in [2.75, 3.05) is 0 Å². The number of aliphatic hydroxyl groups excluding tert-OH is 1. The molecule has 32 heavy (non-hydrogen) atoms. The smallest absolute Gasteiger partial charge is 0.129 e. The van der Waals surface area contributed by atoms with Gasteiger partial charge in [0, 0.05) is 54.1 Å². The number of nitrogens with one attached hydrogen (secondary N) is 2. The van der Waals surface area contributed by atoms with E-state index >= 15 is 0 Å². The predicted molar refractivity (Wildman–Crippen MR) is 123 cm³/mol. The summed E-state index contributed by atoms with van der Waals surface area (Å²) >= 11 is 0. The number of aliphatic hydroxyl groups is 1. The van der Waals surface area contributed by atoms with E-state index in [9.17, 15) is 9.50 Å². The first-order chi connectivity index (χ1) is 15.6. The van der Waals surface area contributed by atoms with Crippen molar-refractivity contribution in [2.45, 2.75) is 57.0 Å². The molecule has 0 amide bonds. The van der Waals surface area contributed by atoms with Crippen molar-refractivity contribution in [3.8, 4) is 0 Å². The van der Waals surface area contributed by atoms with E-state index in [2.05, 4.69) is 33.7 Å². The Morgan fingerprint density at radius 1 is 1.16 bits per heavy atom. The first-order valence-electron chi connectivity index (χ1n) is 11.2. The molecule has 0 saturated heterocycles. The van der Waals surface area contributed by atoms with Crippen LogP contribution in [0.15, 0.2) is 60.9 Å². The predicted octanol–water partition coefficient (Wildman–Crippen LogP) is 3.74. The van der Waals surface area contributed by atoms with Gasteiger partial charge in [0.2, 0.25) is 0 Å².